The third kappa shape index (κ3) is 4.41. The van der Waals surface area contributed by atoms with Gasteiger partial charge in [-0.05, 0) is 48.9 Å². The van der Waals surface area contributed by atoms with Crippen molar-refractivity contribution in [1.82, 2.24) is 0 Å². The fourth-order valence-corrected chi connectivity index (χ4v) is 2.86. The number of nitrogens with zero attached hydrogens (tertiary/aromatic N) is 1. The second-order valence-electron chi connectivity index (χ2n) is 6.65. The number of hydrogen-bond acceptors (Lipinski definition) is 4. The summed E-state index contributed by atoms with van der Waals surface area (Å²) >= 11 is 0. The number of aryl methyl sites for hydroxylation is 1. The van der Waals surface area contributed by atoms with Gasteiger partial charge < -0.3 is 9.47 Å². The van der Waals surface area contributed by atoms with Crippen LogP contribution < -0.4 is 4.74 Å². The van der Waals surface area contributed by atoms with Crippen molar-refractivity contribution in [2.24, 2.45) is 4.99 Å². The number of halogens is 1. The fourth-order valence-electron chi connectivity index (χ4n) is 2.86. The summed E-state index contributed by atoms with van der Waals surface area (Å²) in [5, 5.41) is 0. The zero-order chi connectivity index (χ0) is 20.2. The molecular weight excluding hydrogens is 369 g/mol. The van der Waals surface area contributed by atoms with Crippen molar-refractivity contribution in [2.45, 2.75) is 13.5 Å². The molecule has 0 N–H and O–H groups in total. The Morgan fingerprint density at radius 3 is 2.62 bits per heavy atom. The van der Waals surface area contributed by atoms with E-state index in [2.05, 4.69) is 4.99 Å². The van der Waals surface area contributed by atoms with Crippen LogP contribution in [0.2, 0.25) is 0 Å². The summed E-state index contributed by atoms with van der Waals surface area (Å²) in [5.41, 5.74) is 3.28. The Morgan fingerprint density at radius 1 is 1.03 bits per heavy atom. The molecule has 4 nitrogen and oxygen atoms in total. The van der Waals surface area contributed by atoms with Crippen LogP contribution in [0.25, 0.3) is 6.08 Å². The number of aliphatic imine (C=N–C) groups is 1. The molecule has 1 aliphatic heterocycles. The van der Waals surface area contributed by atoms with Gasteiger partial charge in [-0.15, -0.1) is 0 Å². The number of esters is 1. The summed E-state index contributed by atoms with van der Waals surface area (Å²) in [5.74, 6) is 0.0422. The lowest BCUT2D eigenvalue weighted by molar-refractivity contribution is -0.129. The molecule has 5 heteroatoms. The average molecular weight is 387 g/mol. The number of cyclic esters (lactones) is 1. The van der Waals surface area contributed by atoms with E-state index in [9.17, 15) is 9.18 Å². The lowest BCUT2D eigenvalue weighted by Crippen LogP contribution is -2.05. The molecule has 29 heavy (non-hydrogen) atoms. The van der Waals surface area contributed by atoms with Crippen molar-refractivity contribution in [2.75, 3.05) is 0 Å². The molecule has 0 unspecified atom stereocenters. The molecule has 144 valence electrons. The van der Waals surface area contributed by atoms with Crippen LogP contribution in [0.5, 0.6) is 5.75 Å². The van der Waals surface area contributed by atoms with E-state index in [-0.39, 0.29) is 24.0 Å². The molecule has 0 saturated heterocycles. The smallest absolute Gasteiger partial charge is 0.363 e. The van der Waals surface area contributed by atoms with Crippen LogP contribution in [0.3, 0.4) is 0 Å². The van der Waals surface area contributed by atoms with E-state index in [1.54, 1.807) is 42.5 Å². The highest BCUT2D eigenvalue weighted by Crippen LogP contribution is 2.22. The maximum Gasteiger partial charge on any atom is 0.363 e. The molecule has 0 fully saturated rings. The molecule has 4 rings (SSSR count). The Morgan fingerprint density at radius 2 is 1.83 bits per heavy atom. The molecule has 0 saturated carbocycles. The first-order valence-corrected chi connectivity index (χ1v) is 9.14. The maximum atomic E-state index is 13.7. The molecule has 1 aliphatic rings. The van der Waals surface area contributed by atoms with Gasteiger partial charge in [0.1, 0.15) is 18.2 Å². The first-order chi connectivity index (χ1) is 14.1. The molecule has 0 bridgehead atoms. The number of ether oxygens (including phenoxy) is 2. The molecule has 0 atom stereocenters. The van der Waals surface area contributed by atoms with E-state index in [1.807, 2.05) is 37.3 Å². The molecule has 1 heterocycles. The highest BCUT2D eigenvalue weighted by Gasteiger charge is 2.24. The third-order valence-electron chi connectivity index (χ3n) is 4.43. The Hall–Kier alpha value is -3.73. The quantitative estimate of drug-likeness (QED) is 0.454. The van der Waals surface area contributed by atoms with Crippen molar-refractivity contribution in [3.8, 4) is 5.75 Å². The van der Waals surface area contributed by atoms with Crippen LogP contribution in [-0.4, -0.2) is 11.9 Å². The van der Waals surface area contributed by atoms with E-state index in [1.165, 1.54) is 6.07 Å². The topological polar surface area (TPSA) is 47.9 Å². The zero-order valence-electron chi connectivity index (χ0n) is 15.8. The number of benzene rings is 3. The SMILES string of the molecule is Cc1ccc(C2=N/C(=C/c3cccc(OCc4ccccc4F)c3)C(=O)O2)cc1. The van der Waals surface area contributed by atoms with Crippen LogP contribution in [0.1, 0.15) is 22.3 Å². The standard InChI is InChI=1S/C24H18FNO3/c1-16-9-11-18(12-10-16)23-26-22(24(27)29-23)14-17-5-4-7-20(13-17)28-15-19-6-2-3-8-21(19)25/h2-14H,15H2,1H3/b22-14+. The number of carbonyl (C=O) groups is 1. The van der Waals surface area contributed by atoms with Gasteiger partial charge in [-0.2, -0.15) is 0 Å². The van der Waals surface area contributed by atoms with Gasteiger partial charge in [0.15, 0.2) is 5.70 Å². The van der Waals surface area contributed by atoms with E-state index in [4.69, 9.17) is 9.47 Å². The largest absolute Gasteiger partial charge is 0.489 e. The molecular formula is C24H18FNO3. The summed E-state index contributed by atoms with van der Waals surface area (Å²) < 4.78 is 24.7. The van der Waals surface area contributed by atoms with Gasteiger partial charge in [0.25, 0.3) is 0 Å². The normalized spacial score (nSPS) is 14.6. The van der Waals surface area contributed by atoms with Crippen molar-refractivity contribution in [1.29, 1.82) is 0 Å². The summed E-state index contributed by atoms with van der Waals surface area (Å²) in [7, 11) is 0. The van der Waals surface area contributed by atoms with Crippen molar-refractivity contribution in [3.63, 3.8) is 0 Å². The second-order valence-corrected chi connectivity index (χ2v) is 6.65. The van der Waals surface area contributed by atoms with Gasteiger partial charge in [0.05, 0.1) is 0 Å². The average Bonchev–Trinajstić information content (AvgIpc) is 3.08. The Labute approximate surface area is 167 Å². The van der Waals surface area contributed by atoms with Gasteiger partial charge in [-0.3, -0.25) is 0 Å². The Bertz CT molecular complexity index is 1120. The van der Waals surface area contributed by atoms with E-state index < -0.39 is 5.97 Å². The summed E-state index contributed by atoms with van der Waals surface area (Å²) in [6, 6.07) is 21.2. The first kappa shape index (κ1) is 18.6. The molecule has 3 aromatic carbocycles. The van der Waals surface area contributed by atoms with Crippen LogP contribution in [0, 0.1) is 12.7 Å². The number of hydrogen-bond donors (Lipinski definition) is 0. The fraction of sp³-hybridized carbons (Fsp3) is 0.0833. The molecule has 0 spiro atoms. The first-order valence-electron chi connectivity index (χ1n) is 9.14. The van der Waals surface area contributed by atoms with Gasteiger partial charge in [-0.1, -0.05) is 48.0 Å². The van der Waals surface area contributed by atoms with Crippen molar-refractivity contribution in [3.05, 3.63) is 107 Å². The lowest BCUT2D eigenvalue weighted by atomic mass is 10.1. The number of rotatable bonds is 5. The zero-order valence-corrected chi connectivity index (χ0v) is 15.8. The van der Waals surface area contributed by atoms with Crippen LogP contribution in [0.15, 0.2) is 83.5 Å². The maximum absolute atomic E-state index is 13.7. The monoisotopic (exact) mass is 387 g/mol. The van der Waals surface area contributed by atoms with Crippen LogP contribution in [-0.2, 0) is 16.1 Å². The predicted octanol–water partition coefficient (Wildman–Crippen LogP) is 5.06. The Balaban J connectivity index is 1.52. The van der Waals surface area contributed by atoms with Gasteiger partial charge in [0, 0.05) is 11.1 Å². The van der Waals surface area contributed by atoms with Crippen molar-refractivity contribution < 1.29 is 18.7 Å². The lowest BCUT2D eigenvalue weighted by Gasteiger charge is -2.07. The highest BCUT2D eigenvalue weighted by atomic mass is 19.1. The minimum atomic E-state index is -0.502. The van der Waals surface area contributed by atoms with E-state index in [0.717, 1.165) is 16.7 Å². The van der Waals surface area contributed by atoms with Gasteiger partial charge in [0.2, 0.25) is 5.90 Å². The summed E-state index contributed by atoms with van der Waals surface area (Å²) in [4.78, 5) is 16.5. The number of carbonyl (C=O) groups excluding carboxylic acids is 1. The predicted molar refractivity (Wildman–Crippen MR) is 109 cm³/mol. The Kier molecular flexibility index (Phi) is 5.20. The molecule has 0 radical (unpaired) electrons. The van der Waals surface area contributed by atoms with E-state index in [0.29, 0.717) is 11.3 Å². The second kappa shape index (κ2) is 8.10. The molecule has 0 aliphatic carbocycles. The summed E-state index contributed by atoms with van der Waals surface area (Å²) in [6.07, 6.45) is 1.64. The van der Waals surface area contributed by atoms with Gasteiger partial charge >= 0.3 is 5.97 Å². The van der Waals surface area contributed by atoms with Crippen molar-refractivity contribution >= 4 is 17.9 Å². The van der Waals surface area contributed by atoms with Crippen LogP contribution in [0.4, 0.5) is 4.39 Å². The molecule has 0 aromatic heterocycles. The molecule has 0 amide bonds. The minimum Gasteiger partial charge on any atom is -0.489 e. The summed E-state index contributed by atoms with van der Waals surface area (Å²) in [6.45, 7) is 2.10. The van der Waals surface area contributed by atoms with E-state index >= 15 is 0 Å². The third-order valence-corrected chi connectivity index (χ3v) is 4.43. The van der Waals surface area contributed by atoms with Gasteiger partial charge in [-0.25, -0.2) is 14.2 Å². The van der Waals surface area contributed by atoms with Crippen LogP contribution >= 0.6 is 0 Å². The highest BCUT2D eigenvalue weighted by molar-refractivity contribution is 6.12. The molecule has 3 aromatic rings. The minimum absolute atomic E-state index is 0.116.